The van der Waals surface area contributed by atoms with Crippen LogP contribution in [0.15, 0.2) is 30.5 Å². The van der Waals surface area contributed by atoms with Gasteiger partial charge in [-0.25, -0.2) is 4.98 Å². The Morgan fingerprint density at radius 2 is 2.32 bits per heavy atom. The fourth-order valence-corrected chi connectivity index (χ4v) is 2.23. The number of nitrogens with one attached hydrogen (secondary N) is 1. The molecule has 96 valence electrons. The molecule has 2 heterocycles. The lowest BCUT2D eigenvalue weighted by atomic mass is 10.3. The molecule has 0 atom stereocenters. The Morgan fingerprint density at radius 1 is 1.47 bits per heavy atom. The number of thiophene rings is 1. The summed E-state index contributed by atoms with van der Waals surface area (Å²) < 4.78 is 0. The van der Waals surface area contributed by atoms with Crippen molar-refractivity contribution in [1.82, 2.24) is 4.98 Å². The van der Waals surface area contributed by atoms with E-state index < -0.39 is 0 Å². The summed E-state index contributed by atoms with van der Waals surface area (Å²) in [4.78, 5) is 17.6. The SMILES string of the molecule is Cc1cccnc1NC(=O)c1ccc(C#CCN)s1. The van der Waals surface area contributed by atoms with Gasteiger partial charge in [-0.2, -0.15) is 0 Å². The molecule has 0 saturated carbocycles. The van der Waals surface area contributed by atoms with Crippen LogP contribution in [-0.2, 0) is 0 Å². The Morgan fingerprint density at radius 3 is 3.05 bits per heavy atom. The third kappa shape index (κ3) is 3.41. The molecule has 0 aromatic carbocycles. The average molecular weight is 271 g/mol. The van der Waals surface area contributed by atoms with Gasteiger partial charge in [-0.05, 0) is 30.7 Å². The molecule has 0 saturated heterocycles. The minimum absolute atomic E-state index is 0.174. The van der Waals surface area contributed by atoms with Crippen LogP contribution in [0.4, 0.5) is 5.82 Å². The van der Waals surface area contributed by atoms with Gasteiger partial charge in [0.05, 0.1) is 16.3 Å². The van der Waals surface area contributed by atoms with Gasteiger partial charge in [0.15, 0.2) is 0 Å². The molecule has 0 fully saturated rings. The van der Waals surface area contributed by atoms with E-state index in [2.05, 4.69) is 22.1 Å². The summed E-state index contributed by atoms with van der Waals surface area (Å²) in [6.07, 6.45) is 1.65. The number of aromatic nitrogens is 1. The molecule has 0 bridgehead atoms. The summed E-state index contributed by atoms with van der Waals surface area (Å²) in [5, 5.41) is 2.78. The van der Waals surface area contributed by atoms with Gasteiger partial charge in [-0.15, -0.1) is 11.3 Å². The molecule has 2 rings (SSSR count). The number of carbonyl (C=O) groups excluding carboxylic acids is 1. The highest BCUT2D eigenvalue weighted by atomic mass is 32.1. The topological polar surface area (TPSA) is 68.0 Å². The number of amides is 1. The fourth-order valence-electron chi connectivity index (χ4n) is 1.45. The van der Waals surface area contributed by atoms with Gasteiger partial charge in [0.1, 0.15) is 5.82 Å². The monoisotopic (exact) mass is 271 g/mol. The van der Waals surface area contributed by atoms with Crippen LogP contribution in [0.25, 0.3) is 0 Å². The van der Waals surface area contributed by atoms with Crippen LogP contribution in [0.3, 0.4) is 0 Å². The Labute approximate surface area is 115 Å². The van der Waals surface area contributed by atoms with E-state index in [-0.39, 0.29) is 5.91 Å². The van der Waals surface area contributed by atoms with Gasteiger partial charge in [0, 0.05) is 6.20 Å². The van der Waals surface area contributed by atoms with Crippen molar-refractivity contribution in [3.63, 3.8) is 0 Å². The largest absolute Gasteiger partial charge is 0.320 e. The van der Waals surface area contributed by atoms with Crippen molar-refractivity contribution in [2.75, 3.05) is 11.9 Å². The lowest BCUT2D eigenvalue weighted by Gasteiger charge is -2.04. The number of carbonyl (C=O) groups is 1. The molecule has 0 aliphatic heterocycles. The van der Waals surface area contributed by atoms with E-state index in [1.165, 1.54) is 11.3 Å². The smallest absolute Gasteiger partial charge is 0.266 e. The highest BCUT2D eigenvalue weighted by Crippen LogP contribution is 2.18. The van der Waals surface area contributed by atoms with E-state index in [1.807, 2.05) is 25.1 Å². The first kappa shape index (κ1) is 13.3. The van der Waals surface area contributed by atoms with Crippen molar-refractivity contribution in [3.05, 3.63) is 45.8 Å². The summed E-state index contributed by atoms with van der Waals surface area (Å²) in [6.45, 7) is 2.21. The number of hydrogen-bond donors (Lipinski definition) is 2. The van der Waals surface area contributed by atoms with Crippen LogP contribution >= 0.6 is 11.3 Å². The quantitative estimate of drug-likeness (QED) is 0.821. The Hall–Kier alpha value is -2.16. The summed E-state index contributed by atoms with van der Waals surface area (Å²) in [5.74, 6) is 6.07. The van der Waals surface area contributed by atoms with Crippen molar-refractivity contribution >= 4 is 23.1 Å². The normalized spacial score (nSPS) is 9.58. The summed E-state index contributed by atoms with van der Waals surface area (Å²) in [7, 11) is 0. The lowest BCUT2D eigenvalue weighted by Crippen LogP contribution is -2.12. The number of pyridine rings is 1. The molecule has 4 nitrogen and oxygen atoms in total. The fraction of sp³-hybridized carbons (Fsp3) is 0.143. The molecule has 0 aliphatic carbocycles. The number of rotatable bonds is 2. The van der Waals surface area contributed by atoms with Gasteiger partial charge < -0.3 is 11.1 Å². The molecule has 0 unspecified atom stereocenters. The van der Waals surface area contributed by atoms with Gasteiger partial charge >= 0.3 is 0 Å². The number of nitrogens with zero attached hydrogens (tertiary/aromatic N) is 1. The number of hydrogen-bond acceptors (Lipinski definition) is 4. The van der Waals surface area contributed by atoms with Crippen molar-refractivity contribution < 1.29 is 4.79 Å². The zero-order valence-corrected chi connectivity index (χ0v) is 11.3. The predicted molar refractivity (Wildman–Crippen MR) is 77.2 cm³/mol. The van der Waals surface area contributed by atoms with Gasteiger partial charge in [0.25, 0.3) is 5.91 Å². The molecule has 3 N–H and O–H groups in total. The van der Waals surface area contributed by atoms with Crippen LogP contribution < -0.4 is 11.1 Å². The Kier molecular flexibility index (Phi) is 4.29. The highest BCUT2D eigenvalue weighted by molar-refractivity contribution is 7.14. The average Bonchev–Trinajstić information content (AvgIpc) is 2.88. The first-order chi connectivity index (χ1) is 9.20. The molecule has 0 aliphatic rings. The van der Waals surface area contributed by atoms with E-state index in [9.17, 15) is 4.79 Å². The minimum atomic E-state index is -0.174. The maximum Gasteiger partial charge on any atom is 0.266 e. The third-order valence-electron chi connectivity index (χ3n) is 2.38. The van der Waals surface area contributed by atoms with Crippen LogP contribution in [-0.4, -0.2) is 17.4 Å². The maximum absolute atomic E-state index is 12.0. The first-order valence-corrected chi connectivity index (χ1v) is 6.54. The Bertz CT molecular complexity index is 652. The van der Waals surface area contributed by atoms with Crippen molar-refractivity contribution in [2.45, 2.75) is 6.92 Å². The van der Waals surface area contributed by atoms with Gasteiger partial charge in [0.2, 0.25) is 0 Å². The highest BCUT2D eigenvalue weighted by Gasteiger charge is 2.10. The number of aryl methyl sites for hydroxylation is 1. The molecule has 2 aromatic rings. The van der Waals surface area contributed by atoms with E-state index in [0.717, 1.165) is 10.4 Å². The number of anilines is 1. The van der Waals surface area contributed by atoms with Crippen molar-refractivity contribution in [3.8, 4) is 11.8 Å². The van der Waals surface area contributed by atoms with E-state index in [1.54, 1.807) is 12.3 Å². The summed E-state index contributed by atoms with van der Waals surface area (Å²) in [6, 6.07) is 7.29. The van der Waals surface area contributed by atoms with Crippen LogP contribution in [0.2, 0.25) is 0 Å². The zero-order chi connectivity index (χ0) is 13.7. The molecule has 5 heteroatoms. The molecule has 0 radical (unpaired) electrons. The second-order valence-corrected chi connectivity index (χ2v) is 4.88. The molecular formula is C14H13N3OS. The molecule has 0 spiro atoms. The molecule has 2 aromatic heterocycles. The lowest BCUT2D eigenvalue weighted by molar-refractivity contribution is 0.103. The van der Waals surface area contributed by atoms with Crippen molar-refractivity contribution in [1.29, 1.82) is 0 Å². The predicted octanol–water partition coefficient (Wildman–Crippen LogP) is 2.01. The van der Waals surface area contributed by atoms with Crippen LogP contribution in [0.1, 0.15) is 20.1 Å². The first-order valence-electron chi connectivity index (χ1n) is 5.72. The molecular weight excluding hydrogens is 258 g/mol. The summed E-state index contributed by atoms with van der Waals surface area (Å²) >= 11 is 1.34. The van der Waals surface area contributed by atoms with Crippen LogP contribution in [0.5, 0.6) is 0 Å². The second-order valence-electron chi connectivity index (χ2n) is 3.79. The standard InChI is InChI=1S/C14H13N3OS/c1-10-4-3-9-16-13(10)17-14(18)12-7-6-11(19-12)5-2-8-15/h3-4,6-7,9H,8,15H2,1H3,(H,16,17,18). The Balaban J connectivity index is 2.12. The van der Waals surface area contributed by atoms with Crippen LogP contribution in [0, 0.1) is 18.8 Å². The second kappa shape index (κ2) is 6.14. The van der Waals surface area contributed by atoms with E-state index in [0.29, 0.717) is 17.2 Å². The van der Waals surface area contributed by atoms with Gasteiger partial charge in [-0.1, -0.05) is 17.9 Å². The zero-order valence-electron chi connectivity index (χ0n) is 10.4. The maximum atomic E-state index is 12.0. The van der Waals surface area contributed by atoms with E-state index in [4.69, 9.17) is 5.73 Å². The molecule has 19 heavy (non-hydrogen) atoms. The third-order valence-corrected chi connectivity index (χ3v) is 3.38. The van der Waals surface area contributed by atoms with Gasteiger partial charge in [-0.3, -0.25) is 4.79 Å². The molecule has 1 amide bonds. The summed E-state index contributed by atoms with van der Waals surface area (Å²) in [5.41, 5.74) is 6.23. The van der Waals surface area contributed by atoms with E-state index >= 15 is 0 Å². The number of nitrogens with two attached hydrogens (primary N) is 1. The van der Waals surface area contributed by atoms with Crippen molar-refractivity contribution in [2.24, 2.45) is 5.73 Å². The minimum Gasteiger partial charge on any atom is -0.320 e.